The van der Waals surface area contributed by atoms with Crippen LogP contribution in [-0.2, 0) is 9.59 Å². The van der Waals surface area contributed by atoms with Crippen LogP contribution in [0.1, 0.15) is 19.3 Å². The van der Waals surface area contributed by atoms with E-state index in [1.165, 1.54) is 16.8 Å². The summed E-state index contributed by atoms with van der Waals surface area (Å²) in [4.78, 5) is 36.8. The van der Waals surface area contributed by atoms with Crippen LogP contribution in [0.25, 0.3) is 0 Å². The van der Waals surface area contributed by atoms with E-state index in [2.05, 4.69) is 10.6 Å². The Morgan fingerprint density at radius 3 is 2.61 bits per heavy atom. The largest absolute Gasteiger partial charge is 0.404 e. The summed E-state index contributed by atoms with van der Waals surface area (Å²) in [6.07, 6.45) is -4.00. The van der Waals surface area contributed by atoms with E-state index in [-0.39, 0.29) is 44.9 Å². The third-order valence-electron chi connectivity index (χ3n) is 4.05. The quantitative estimate of drug-likeness (QED) is 0.764. The number of hydrogen-bond donors (Lipinski definition) is 2. The maximum absolute atomic E-state index is 12.8. The normalized spacial score (nSPS) is 26.9. The maximum atomic E-state index is 12.8. The lowest BCUT2D eigenvalue weighted by molar-refractivity contribution is -0.188. The number of alkyl halides is 3. The van der Waals surface area contributed by atoms with Crippen molar-refractivity contribution in [1.82, 2.24) is 20.4 Å². The molecule has 2 fully saturated rings. The van der Waals surface area contributed by atoms with Crippen LogP contribution < -0.4 is 10.6 Å². The molecular weight excluding hydrogens is 317 g/mol. The number of nitrogens with zero attached hydrogens (tertiary/aromatic N) is 2. The third kappa shape index (κ3) is 4.57. The predicted molar refractivity (Wildman–Crippen MR) is 73.4 cm³/mol. The summed E-state index contributed by atoms with van der Waals surface area (Å²) in [6, 6.07) is -2.51. The van der Waals surface area contributed by atoms with Crippen LogP contribution >= 0.6 is 0 Å². The van der Waals surface area contributed by atoms with Gasteiger partial charge in [0.1, 0.15) is 12.6 Å². The van der Waals surface area contributed by atoms with Gasteiger partial charge in [0.2, 0.25) is 11.8 Å². The molecule has 2 saturated heterocycles. The third-order valence-corrected chi connectivity index (χ3v) is 4.05. The van der Waals surface area contributed by atoms with Crippen molar-refractivity contribution >= 4 is 17.8 Å². The van der Waals surface area contributed by atoms with Gasteiger partial charge in [-0.1, -0.05) is 0 Å². The van der Waals surface area contributed by atoms with Crippen LogP contribution in [0.15, 0.2) is 0 Å². The van der Waals surface area contributed by atoms with Gasteiger partial charge in [-0.05, 0) is 19.9 Å². The van der Waals surface area contributed by atoms with Crippen molar-refractivity contribution in [2.75, 3.05) is 26.7 Å². The number of piperidine rings is 1. The fourth-order valence-electron chi connectivity index (χ4n) is 2.87. The summed E-state index contributed by atoms with van der Waals surface area (Å²) in [6.45, 7) is 0.0292. The Hall–Kier alpha value is -1.84. The molecule has 10 heteroatoms. The fourth-order valence-corrected chi connectivity index (χ4v) is 2.87. The van der Waals surface area contributed by atoms with E-state index in [4.69, 9.17) is 0 Å². The number of nitrogens with one attached hydrogen (secondary N) is 2. The molecule has 0 aromatic heterocycles. The van der Waals surface area contributed by atoms with Crippen molar-refractivity contribution in [1.29, 1.82) is 0 Å². The van der Waals surface area contributed by atoms with Crippen LogP contribution in [0.2, 0.25) is 0 Å². The van der Waals surface area contributed by atoms with Crippen molar-refractivity contribution in [3.8, 4) is 0 Å². The Kier molecular flexibility index (Phi) is 5.12. The molecule has 0 saturated carbocycles. The highest BCUT2D eigenvalue weighted by atomic mass is 19.4. The van der Waals surface area contributed by atoms with Gasteiger partial charge >= 0.3 is 12.2 Å². The topological polar surface area (TPSA) is 81.8 Å². The summed E-state index contributed by atoms with van der Waals surface area (Å²) in [5.41, 5.74) is 0. The number of likely N-dealkylation sites (tertiary alicyclic amines) is 1. The molecule has 7 nitrogen and oxygen atoms in total. The highest BCUT2D eigenvalue weighted by Gasteiger charge is 2.44. The van der Waals surface area contributed by atoms with Crippen LogP contribution in [0.3, 0.4) is 0 Å². The first kappa shape index (κ1) is 17.5. The zero-order valence-electron chi connectivity index (χ0n) is 12.7. The second-order valence-corrected chi connectivity index (χ2v) is 5.86. The summed E-state index contributed by atoms with van der Waals surface area (Å²) in [5, 5.41) is 4.75. The van der Waals surface area contributed by atoms with Gasteiger partial charge in [0.15, 0.2) is 0 Å². The van der Waals surface area contributed by atoms with E-state index in [1.54, 1.807) is 0 Å². The number of rotatable bonds is 3. The van der Waals surface area contributed by atoms with Gasteiger partial charge in [-0.25, -0.2) is 4.79 Å². The average Bonchev–Trinajstić information content (AvgIpc) is 2.40. The molecule has 2 N–H and O–H groups in total. The Morgan fingerprint density at radius 1 is 1.35 bits per heavy atom. The second kappa shape index (κ2) is 6.73. The van der Waals surface area contributed by atoms with Crippen LogP contribution in [0, 0.1) is 0 Å². The summed E-state index contributed by atoms with van der Waals surface area (Å²) in [5.74, 6) is -0.836. The molecule has 0 unspecified atom stereocenters. The molecule has 2 rings (SSSR count). The smallest absolute Gasteiger partial charge is 0.351 e. The second-order valence-electron chi connectivity index (χ2n) is 5.86. The van der Waals surface area contributed by atoms with E-state index in [1.807, 2.05) is 0 Å². The minimum atomic E-state index is -4.28. The van der Waals surface area contributed by atoms with Crippen molar-refractivity contribution in [3.05, 3.63) is 0 Å². The van der Waals surface area contributed by atoms with E-state index < -0.39 is 30.1 Å². The van der Waals surface area contributed by atoms with Crippen molar-refractivity contribution in [3.63, 3.8) is 0 Å². The Balaban J connectivity index is 1.80. The van der Waals surface area contributed by atoms with Gasteiger partial charge in [0.05, 0.1) is 0 Å². The van der Waals surface area contributed by atoms with E-state index in [0.29, 0.717) is 0 Å². The first-order chi connectivity index (χ1) is 10.7. The monoisotopic (exact) mass is 336 g/mol. The summed E-state index contributed by atoms with van der Waals surface area (Å²) < 4.78 is 38.3. The SMILES string of the molecule is CN1C[C@H](NC(=O)CN2CCC(=O)NC2=O)CC[C@@H]1C(F)(F)F. The van der Waals surface area contributed by atoms with Crippen LogP contribution in [0.5, 0.6) is 0 Å². The molecule has 2 aliphatic rings. The van der Waals surface area contributed by atoms with Gasteiger partial charge in [0.25, 0.3) is 0 Å². The molecule has 2 atom stereocenters. The van der Waals surface area contributed by atoms with E-state index >= 15 is 0 Å². The molecule has 2 aliphatic heterocycles. The standard InChI is InChI=1S/C13H19F3N4O3/c1-19-6-8(2-3-9(19)13(14,15)16)17-11(22)7-20-5-4-10(21)18-12(20)23/h8-9H,2-7H2,1H3,(H,17,22)(H,18,21,23)/t8-,9-/m1/s1. The molecule has 0 bridgehead atoms. The molecular formula is C13H19F3N4O3. The lowest BCUT2D eigenvalue weighted by Gasteiger charge is -2.38. The van der Waals surface area contributed by atoms with E-state index in [0.717, 1.165) is 0 Å². The van der Waals surface area contributed by atoms with Crippen molar-refractivity contribution in [2.24, 2.45) is 0 Å². The number of carbonyl (C=O) groups is 3. The first-order valence-electron chi connectivity index (χ1n) is 7.32. The van der Waals surface area contributed by atoms with Gasteiger partial charge in [-0.2, -0.15) is 13.2 Å². The van der Waals surface area contributed by atoms with Gasteiger partial charge in [-0.15, -0.1) is 0 Å². The van der Waals surface area contributed by atoms with Gasteiger partial charge in [0, 0.05) is 25.6 Å². The number of carbonyl (C=O) groups excluding carboxylic acids is 3. The maximum Gasteiger partial charge on any atom is 0.404 e. The van der Waals surface area contributed by atoms with Crippen LogP contribution in [-0.4, -0.2) is 72.6 Å². The number of halogens is 3. The highest BCUT2D eigenvalue weighted by Crippen LogP contribution is 2.30. The molecule has 0 radical (unpaired) electrons. The molecule has 2 heterocycles. The average molecular weight is 336 g/mol. The number of urea groups is 1. The fraction of sp³-hybridized carbons (Fsp3) is 0.769. The lowest BCUT2D eigenvalue weighted by atomic mass is 9.98. The number of imide groups is 1. The van der Waals surface area contributed by atoms with Gasteiger partial charge in [-0.3, -0.25) is 19.8 Å². The number of amides is 4. The molecule has 0 aromatic rings. The highest BCUT2D eigenvalue weighted by molar-refractivity contribution is 5.98. The van der Waals surface area contributed by atoms with E-state index in [9.17, 15) is 27.6 Å². The Morgan fingerprint density at radius 2 is 2.04 bits per heavy atom. The molecule has 130 valence electrons. The zero-order valence-corrected chi connectivity index (χ0v) is 12.7. The van der Waals surface area contributed by atoms with Crippen LogP contribution in [0.4, 0.5) is 18.0 Å². The molecule has 4 amide bonds. The first-order valence-corrected chi connectivity index (χ1v) is 7.32. The Labute approximate surface area is 131 Å². The summed E-state index contributed by atoms with van der Waals surface area (Å²) >= 11 is 0. The molecule has 0 aliphatic carbocycles. The van der Waals surface area contributed by atoms with Gasteiger partial charge < -0.3 is 10.2 Å². The lowest BCUT2D eigenvalue weighted by Crippen LogP contribution is -2.57. The molecule has 23 heavy (non-hydrogen) atoms. The van der Waals surface area contributed by atoms with Crippen molar-refractivity contribution in [2.45, 2.75) is 37.5 Å². The minimum Gasteiger partial charge on any atom is -0.351 e. The summed E-state index contributed by atoms with van der Waals surface area (Å²) in [7, 11) is 1.38. The zero-order chi connectivity index (χ0) is 17.2. The Bertz CT molecular complexity index is 497. The van der Waals surface area contributed by atoms with Crippen molar-refractivity contribution < 1.29 is 27.6 Å². The number of likely N-dealkylation sites (N-methyl/N-ethyl adjacent to an activating group) is 1. The molecule has 0 spiro atoms. The minimum absolute atomic E-state index is 0.0797. The number of hydrogen-bond acceptors (Lipinski definition) is 4. The predicted octanol–water partition coefficient (Wildman–Crippen LogP) is 0.0696. The molecule has 0 aromatic carbocycles.